The first-order valence-corrected chi connectivity index (χ1v) is 6.62. The Balaban J connectivity index is 2.98. The van der Waals surface area contributed by atoms with Crippen LogP contribution in [0.1, 0.15) is 43.1 Å². The first-order chi connectivity index (χ1) is 9.45. The van der Waals surface area contributed by atoms with Gasteiger partial charge in [-0.3, -0.25) is 9.78 Å². The molecule has 0 saturated carbocycles. The standard InChI is InChI=1S/C15H20N2O3/c1-4-7-17(11(2)3)15(20)13-8-12(9-16-10-13)5-6-14(18)19/h5-6,8-11H,4,7H2,1-3H3,(H,18,19). The van der Waals surface area contributed by atoms with Crippen LogP contribution in [0.15, 0.2) is 24.5 Å². The van der Waals surface area contributed by atoms with Gasteiger partial charge in [0.2, 0.25) is 0 Å². The summed E-state index contributed by atoms with van der Waals surface area (Å²) in [6.07, 6.45) is 6.36. The van der Waals surface area contributed by atoms with Gasteiger partial charge >= 0.3 is 5.97 Å². The van der Waals surface area contributed by atoms with Crippen LogP contribution in [0.3, 0.4) is 0 Å². The number of hydrogen-bond acceptors (Lipinski definition) is 3. The Hall–Kier alpha value is -2.17. The zero-order valence-corrected chi connectivity index (χ0v) is 12.0. The summed E-state index contributed by atoms with van der Waals surface area (Å²) < 4.78 is 0. The van der Waals surface area contributed by atoms with Crippen molar-refractivity contribution in [1.29, 1.82) is 0 Å². The van der Waals surface area contributed by atoms with E-state index in [1.165, 1.54) is 18.5 Å². The number of carboxylic acids is 1. The van der Waals surface area contributed by atoms with Gasteiger partial charge in [0.15, 0.2) is 0 Å². The van der Waals surface area contributed by atoms with Crippen LogP contribution in [0, 0.1) is 0 Å². The van der Waals surface area contributed by atoms with Gasteiger partial charge in [0.1, 0.15) is 0 Å². The summed E-state index contributed by atoms with van der Waals surface area (Å²) in [5, 5.41) is 8.60. The first-order valence-electron chi connectivity index (χ1n) is 6.62. The largest absolute Gasteiger partial charge is 0.478 e. The molecule has 108 valence electrons. The van der Waals surface area contributed by atoms with Crippen LogP contribution in [0.2, 0.25) is 0 Å². The summed E-state index contributed by atoms with van der Waals surface area (Å²) in [4.78, 5) is 28.7. The minimum atomic E-state index is -1.03. The van der Waals surface area contributed by atoms with Gasteiger partial charge in [-0.05, 0) is 38.0 Å². The number of carbonyl (C=O) groups excluding carboxylic acids is 1. The van der Waals surface area contributed by atoms with Gasteiger partial charge in [0, 0.05) is 31.1 Å². The Morgan fingerprint density at radius 2 is 2.10 bits per heavy atom. The first kappa shape index (κ1) is 15.9. The maximum Gasteiger partial charge on any atom is 0.328 e. The maximum absolute atomic E-state index is 12.4. The van der Waals surface area contributed by atoms with Crippen molar-refractivity contribution in [2.75, 3.05) is 6.54 Å². The lowest BCUT2D eigenvalue weighted by atomic mass is 10.1. The highest BCUT2D eigenvalue weighted by Gasteiger charge is 2.18. The molecule has 0 bridgehead atoms. The van der Waals surface area contributed by atoms with Crippen LogP contribution in [-0.2, 0) is 4.79 Å². The number of aromatic nitrogens is 1. The van der Waals surface area contributed by atoms with E-state index in [0.29, 0.717) is 17.7 Å². The van der Waals surface area contributed by atoms with Crippen molar-refractivity contribution in [3.63, 3.8) is 0 Å². The molecule has 0 unspecified atom stereocenters. The second-order valence-corrected chi connectivity index (χ2v) is 4.77. The van der Waals surface area contributed by atoms with E-state index in [2.05, 4.69) is 4.98 Å². The van der Waals surface area contributed by atoms with Gasteiger partial charge < -0.3 is 10.0 Å². The van der Waals surface area contributed by atoms with E-state index in [1.807, 2.05) is 20.8 Å². The Labute approximate surface area is 118 Å². The number of aliphatic carboxylic acids is 1. The summed E-state index contributed by atoms with van der Waals surface area (Å²) in [5.41, 5.74) is 1.07. The lowest BCUT2D eigenvalue weighted by Crippen LogP contribution is -2.37. The second-order valence-electron chi connectivity index (χ2n) is 4.77. The van der Waals surface area contributed by atoms with E-state index in [4.69, 9.17) is 5.11 Å². The number of carbonyl (C=O) groups is 2. The smallest absolute Gasteiger partial charge is 0.328 e. The lowest BCUT2D eigenvalue weighted by molar-refractivity contribution is -0.131. The van der Waals surface area contributed by atoms with Crippen molar-refractivity contribution in [1.82, 2.24) is 9.88 Å². The highest BCUT2D eigenvalue weighted by molar-refractivity contribution is 5.95. The third-order valence-electron chi connectivity index (χ3n) is 2.77. The molecule has 1 aromatic rings. The van der Waals surface area contributed by atoms with Crippen LogP contribution >= 0.6 is 0 Å². The van der Waals surface area contributed by atoms with Crippen LogP contribution in [-0.4, -0.2) is 39.5 Å². The highest BCUT2D eigenvalue weighted by atomic mass is 16.4. The van der Waals surface area contributed by atoms with Crippen LogP contribution in [0.25, 0.3) is 6.08 Å². The van der Waals surface area contributed by atoms with Gasteiger partial charge in [0.05, 0.1) is 5.56 Å². The Bertz CT molecular complexity index is 510. The third-order valence-corrected chi connectivity index (χ3v) is 2.77. The molecule has 0 spiro atoms. The minimum absolute atomic E-state index is 0.0834. The molecule has 0 atom stereocenters. The second kappa shape index (κ2) is 7.43. The zero-order chi connectivity index (χ0) is 15.1. The van der Waals surface area contributed by atoms with Gasteiger partial charge in [-0.1, -0.05) is 6.92 Å². The normalized spacial score (nSPS) is 11.0. The molecule has 1 heterocycles. The fourth-order valence-electron chi connectivity index (χ4n) is 1.83. The number of hydrogen-bond donors (Lipinski definition) is 1. The maximum atomic E-state index is 12.4. The van der Waals surface area contributed by atoms with E-state index >= 15 is 0 Å². The fraction of sp³-hybridized carbons (Fsp3) is 0.400. The monoisotopic (exact) mass is 276 g/mol. The molecule has 0 aromatic carbocycles. The summed E-state index contributed by atoms with van der Waals surface area (Å²) in [6.45, 7) is 6.64. The van der Waals surface area contributed by atoms with Crippen molar-refractivity contribution in [2.45, 2.75) is 33.2 Å². The predicted octanol–water partition coefficient (Wildman–Crippen LogP) is 2.44. The molecular formula is C15H20N2O3. The topological polar surface area (TPSA) is 70.5 Å². The molecule has 5 heteroatoms. The summed E-state index contributed by atoms with van der Waals surface area (Å²) in [6, 6.07) is 1.76. The molecular weight excluding hydrogens is 256 g/mol. The Morgan fingerprint density at radius 1 is 1.40 bits per heavy atom. The lowest BCUT2D eigenvalue weighted by Gasteiger charge is -2.26. The number of pyridine rings is 1. The fourth-order valence-corrected chi connectivity index (χ4v) is 1.83. The van der Waals surface area contributed by atoms with E-state index in [-0.39, 0.29) is 11.9 Å². The molecule has 0 fully saturated rings. The SMILES string of the molecule is CCCN(C(=O)c1cncc(C=CC(=O)O)c1)C(C)C. The number of amides is 1. The van der Waals surface area contributed by atoms with E-state index < -0.39 is 5.97 Å². The van der Waals surface area contributed by atoms with Crippen molar-refractivity contribution in [3.8, 4) is 0 Å². The average molecular weight is 276 g/mol. The summed E-state index contributed by atoms with van der Waals surface area (Å²) in [5.74, 6) is -1.11. The number of carboxylic acid groups (broad SMARTS) is 1. The Kier molecular flexibility index (Phi) is 5.90. The van der Waals surface area contributed by atoms with Crippen molar-refractivity contribution < 1.29 is 14.7 Å². The van der Waals surface area contributed by atoms with Crippen molar-refractivity contribution in [3.05, 3.63) is 35.7 Å². The molecule has 1 amide bonds. The van der Waals surface area contributed by atoms with E-state index in [0.717, 1.165) is 12.5 Å². The van der Waals surface area contributed by atoms with Crippen LogP contribution in [0.5, 0.6) is 0 Å². The zero-order valence-electron chi connectivity index (χ0n) is 12.0. The van der Waals surface area contributed by atoms with Crippen molar-refractivity contribution >= 4 is 18.0 Å². The minimum Gasteiger partial charge on any atom is -0.478 e. The van der Waals surface area contributed by atoms with Gasteiger partial charge in [0.25, 0.3) is 5.91 Å². The predicted molar refractivity (Wildman–Crippen MR) is 77.4 cm³/mol. The molecule has 0 aliphatic carbocycles. The van der Waals surface area contributed by atoms with Crippen molar-refractivity contribution in [2.24, 2.45) is 0 Å². The molecule has 0 aliphatic rings. The number of nitrogens with zero attached hydrogens (tertiary/aromatic N) is 2. The molecule has 1 rings (SSSR count). The summed E-state index contributed by atoms with van der Waals surface area (Å²) in [7, 11) is 0. The van der Waals surface area contributed by atoms with Crippen LogP contribution in [0.4, 0.5) is 0 Å². The van der Waals surface area contributed by atoms with E-state index in [9.17, 15) is 9.59 Å². The molecule has 0 saturated heterocycles. The van der Waals surface area contributed by atoms with Crippen LogP contribution < -0.4 is 0 Å². The third kappa shape index (κ3) is 4.50. The quantitative estimate of drug-likeness (QED) is 0.810. The molecule has 5 nitrogen and oxygen atoms in total. The van der Waals surface area contributed by atoms with Gasteiger partial charge in [-0.15, -0.1) is 0 Å². The summed E-state index contributed by atoms with van der Waals surface area (Å²) >= 11 is 0. The molecule has 0 radical (unpaired) electrons. The number of rotatable bonds is 6. The molecule has 1 N–H and O–H groups in total. The van der Waals surface area contributed by atoms with E-state index in [1.54, 1.807) is 11.0 Å². The molecule has 1 aromatic heterocycles. The van der Waals surface area contributed by atoms with Gasteiger partial charge in [-0.2, -0.15) is 0 Å². The Morgan fingerprint density at radius 3 is 2.65 bits per heavy atom. The van der Waals surface area contributed by atoms with Gasteiger partial charge in [-0.25, -0.2) is 4.79 Å². The highest BCUT2D eigenvalue weighted by Crippen LogP contribution is 2.11. The molecule has 20 heavy (non-hydrogen) atoms. The molecule has 0 aliphatic heterocycles. The average Bonchev–Trinajstić information content (AvgIpc) is 2.41.